The zero-order chi connectivity index (χ0) is 16.6. The first kappa shape index (κ1) is 19.1. The maximum absolute atomic E-state index is 12.3. The minimum absolute atomic E-state index is 0.108. The number of hydrogen-bond acceptors (Lipinski definition) is 4. The molecule has 0 bridgehead atoms. The van der Waals surface area contributed by atoms with Crippen LogP contribution < -0.4 is 0 Å². The molecule has 0 atom stereocenters. The summed E-state index contributed by atoms with van der Waals surface area (Å²) in [5, 5.41) is 0. The zero-order valence-electron chi connectivity index (χ0n) is 13.3. The number of allylic oxidation sites excluding steroid dienone is 7. The Morgan fingerprint density at radius 3 is 2.14 bits per heavy atom. The quantitative estimate of drug-likeness (QED) is 0.536. The van der Waals surface area contributed by atoms with E-state index in [1.807, 2.05) is 19.9 Å². The second-order valence-corrected chi connectivity index (χ2v) is 6.70. The summed E-state index contributed by atoms with van der Waals surface area (Å²) in [6.45, 7) is 8.47. The average Bonchev–Trinajstić information content (AvgIpc) is 2.39. The van der Waals surface area contributed by atoms with Crippen molar-refractivity contribution in [1.82, 2.24) is 4.90 Å². The lowest BCUT2D eigenvalue weighted by Gasteiger charge is -2.06. The summed E-state index contributed by atoms with van der Waals surface area (Å²) in [4.78, 5) is 13.0. The van der Waals surface area contributed by atoms with Gasteiger partial charge in [-0.25, -0.2) is 8.42 Å². The first-order chi connectivity index (χ1) is 9.62. The van der Waals surface area contributed by atoms with Crippen LogP contribution in [0.25, 0.3) is 0 Å². The second-order valence-electron chi connectivity index (χ2n) is 4.73. The van der Waals surface area contributed by atoms with Crippen LogP contribution >= 0.6 is 0 Å². The van der Waals surface area contributed by atoms with Gasteiger partial charge in [-0.3, -0.25) is 4.79 Å². The van der Waals surface area contributed by atoms with Gasteiger partial charge in [-0.15, -0.1) is 0 Å². The number of Topliss-reactive ketones (excluding diaryl/α,β-unsaturated/α-hetero) is 1. The Hall–Kier alpha value is -1.88. The molecule has 0 aliphatic carbocycles. The third-order valence-corrected chi connectivity index (χ3v) is 4.43. The van der Waals surface area contributed by atoms with E-state index in [4.69, 9.17) is 0 Å². The molecule has 116 valence electrons. The predicted molar refractivity (Wildman–Crippen MR) is 88.2 cm³/mol. The van der Waals surface area contributed by atoms with Crippen molar-refractivity contribution in [2.24, 2.45) is 0 Å². The van der Waals surface area contributed by atoms with Crippen molar-refractivity contribution in [2.75, 3.05) is 14.1 Å². The van der Waals surface area contributed by atoms with Crippen molar-refractivity contribution in [3.63, 3.8) is 0 Å². The Labute approximate surface area is 127 Å². The number of rotatable bonds is 7. The van der Waals surface area contributed by atoms with E-state index >= 15 is 0 Å². The fourth-order valence-corrected chi connectivity index (χ4v) is 2.42. The highest BCUT2D eigenvalue weighted by molar-refractivity contribution is 8.00. The van der Waals surface area contributed by atoms with Crippen molar-refractivity contribution >= 4 is 15.6 Å². The van der Waals surface area contributed by atoms with E-state index < -0.39 is 15.6 Å². The highest BCUT2D eigenvalue weighted by Crippen LogP contribution is 2.19. The van der Waals surface area contributed by atoms with Crippen LogP contribution in [0.4, 0.5) is 0 Å². The molecule has 4 nitrogen and oxygen atoms in total. The van der Waals surface area contributed by atoms with E-state index in [1.54, 1.807) is 31.3 Å². The normalized spacial score (nSPS) is 14.0. The van der Waals surface area contributed by atoms with E-state index in [1.165, 1.54) is 25.2 Å². The van der Waals surface area contributed by atoms with Crippen molar-refractivity contribution in [1.29, 1.82) is 0 Å². The summed E-state index contributed by atoms with van der Waals surface area (Å²) >= 11 is 0. The highest BCUT2D eigenvalue weighted by Gasteiger charge is 2.23. The fourth-order valence-electron chi connectivity index (χ4n) is 1.25. The maximum Gasteiger partial charge on any atom is 0.209 e. The molecule has 0 fully saturated rings. The molecule has 0 aromatic heterocycles. The summed E-state index contributed by atoms with van der Waals surface area (Å²) in [5.41, 5.74) is 0.909. The summed E-state index contributed by atoms with van der Waals surface area (Å²) < 4.78 is 24.7. The van der Waals surface area contributed by atoms with E-state index in [9.17, 15) is 13.2 Å². The maximum atomic E-state index is 12.3. The summed E-state index contributed by atoms with van der Waals surface area (Å²) in [6, 6.07) is 0. The monoisotopic (exact) mass is 309 g/mol. The molecule has 5 heteroatoms. The van der Waals surface area contributed by atoms with Crippen molar-refractivity contribution < 1.29 is 13.2 Å². The molecular formula is C16H23NO3S. The first-order valence-electron chi connectivity index (χ1n) is 6.43. The molecule has 0 amide bonds. The number of carbonyl (C=O) groups is 1. The van der Waals surface area contributed by atoms with Gasteiger partial charge in [-0.05, 0) is 45.2 Å². The molecule has 0 aromatic carbocycles. The highest BCUT2D eigenvalue weighted by atomic mass is 32.2. The third kappa shape index (κ3) is 6.40. The van der Waals surface area contributed by atoms with Gasteiger partial charge in [0.05, 0.1) is 4.91 Å². The van der Waals surface area contributed by atoms with E-state index in [-0.39, 0.29) is 9.81 Å². The SMILES string of the molecule is C=C(/C=C\C(C)=C/C)S(=O)(=O)/C(=C/C=C/N(C)C)C(C)=O. The largest absolute Gasteiger partial charge is 0.383 e. The smallest absolute Gasteiger partial charge is 0.209 e. The molecule has 0 saturated heterocycles. The lowest BCUT2D eigenvalue weighted by molar-refractivity contribution is -0.113. The second kappa shape index (κ2) is 8.42. The van der Waals surface area contributed by atoms with Crippen LogP contribution in [0.1, 0.15) is 20.8 Å². The Balaban J connectivity index is 5.56. The number of nitrogens with zero attached hydrogens (tertiary/aromatic N) is 1. The molecule has 0 heterocycles. The molecule has 21 heavy (non-hydrogen) atoms. The van der Waals surface area contributed by atoms with Crippen molar-refractivity contribution in [3.05, 3.63) is 58.5 Å². The standard InChI is InChI=1S/C16H23NO3S/c1-7-13(2)10-11-14(3)21(19,20)16(15(4)18)9-8-12-17(5)6/h7-12H,3H2,1-2,4-6H3/b11-10-,12-8+,13-7-,16-9+. The predicted octanol–water partition coefficient (Wildman–Crippen LogP) is 2.99. The van der Waals surface area contributed by atoms with Crippen molar-refractivity contribution in [2.45, 2.75) is 20.8 Å². The van der Waals surface area contributed by atoms with Crippen LogP contribution in [-0.2, 0) is 14.6 Å². The molecule has 0 rings (SSSR count). The average molecular weight is 309 g/mol. The van der Waals surface area contributed by atoms with Crippen LogP contribution in [0.5, 0.6) is 0 Å². The first-order valence-corrected chi connectivity index (χ1v) is 7.92. The van der Waals surface area contributed by atoms with Gasteiger partial charge in [-0.2, -0.15) is 0 Å². The molecule has 0 saturated carbocycles. The molecular weight excluding hydrogens is 286 g/mol. The van der Waals surface area contributed by atoms with Crippen LogP contribution in [0, 0.1) is 0 Å². The van der Waals surface area contributed by atoms with Crippen LogP contribution in [0.3, 0.4) is 0 Å². The van der Waals surface area contributed by atoms with E-state index in [2.05, 4.69) is 6.58 Å². The Morgan fingerprint density at radius 2 is 1.71 bits per heavy atom. The summed E-state index contributed by atoms with van der Waals surface area (Å²) in [5.74, 6) is -0.518. The van der Waals surface area contributed by atoms with Crippen LogP contribution in [-0.4, -0.2) is 33.2 Å². The van der Waals surface area contributed by atoms with Gasteiger partial charge in [0, 0.05) is 14.1 Å². The van der Waals surface area contributed by atoms with Gasteiger partial charge < -0.3 is 4.90 Å². The third-order valence-electron chi connectivity index (χ3n) is 2.60. The van der Waals surface area contributed by atoms with Crippen molar-refractivity contribution in [3.8, 4) is 0 Å². The summed E-state index contributed by atoms with van der Waals surface area (Å²) in [6.07, 6.45) is 9.35. The fraction of sp³-hybridized carbons (Fsp3) is 0.312. The van der Waals surface area contributed by atoms with E-state index in [0.717, 1.165) is 5.57 Å². The minimum Gasteiger partial charge on any atom is -0.383 e. The molecule has 0 spiro atoms. The zero-order valence-corrected chi connectivity index (χ0v) is 14.1. The number of hydrogen-bond donors (Lipinski definition) is 0. The topological polar surface area (TPSA) is 54.5 Å². The summed E-state index contributed by atoms with van der Waals surface area (Å²) in [7, 11) is -0.270. The van der Waals surface area contributed by atoms with Gasteiger partial charge in [0.25, 0.3) is 0 Å². The van der Waals surface area contributed by atoms with Crippen LogP contribution in [0.2, 0.25) is 0 Å². The van der Waals surface area contributed by atoms with Gasteiger partial charge in [0.15, 0.2) is 5.78 Å². The molecule has 0 N–H and O–H groups in total. The lowest BCUT2D eigenvalue weighted by atomic mass is 10.3. The van der Waals surface area contributed by atoms with Gasteiger partial charge in [-0.1, -0.05) is 24.3 Å². The molecule has 0 unspecified atom stereocenters. The van der Waals surface area contributed by atoms with Gasteiger partial charge in [0.1, 0.15) is 4.91 Å². The van der Waals surface area contributed by atoms with E-state index in [0.29, 0.717) is 0 Å². The lowest BCUT2D eigenvalue weighted by Crippen LogP contribution is -2.12. The molecule has 0 aliphatic heterocycles. The Morgan fingerprint density at radius 1 is 1.14 bits per heavy atom. The minimum atomic E-state index is -3.87. The molecule has 0 radical (unpaired) electrons. The number of ketones is 1. The number of sulfone groups is 1. The molecule has 0 aromatic rings. The van der Waals surface area contributed by atoms with Gasteiger partial charge >= 0.3 is 0 Å². The number of carbonyl (C=O) groups excluding carboxylic acids is 1. The Bertz CT molecular complexity index is 618. The van der Waals surface area contributed by atoms with Crippen LogP contribution in [0.15, 0.2) is 58.5 Å². The Kier molecular flexibility index (Phi) is 7.66. The van der Waals surface area contributed by atoms with Gasteiger partial charge in [0.2, 0.25) is 9.84 Å². The molecule has 0 aliphatic rings.